The summed E-state index contributed by atoms with van der Waals surface area (Å²) >= 11 is 0. The van der Waals surface area contributed by atoms with Gasteiger partial charge in [-0.3, -0.25) is 4.98 Å². The summed E-state index contributed by atoms with van der Waals surface area (Å²) in [6, 6.07) is 10.2. The maximum Gasteiger partial charge on any atom is 0.123 e. The predicted octanol–water partition coefficient (Wildman–Crippen LogP) is 3.07. The maximum absolute atomic E-state index is 13.1. The van der Waals surface area contributed by atoms with E-state index in [2.05, 4.69) is 10.1 Å². The highest BCUT2D eigenvalue weighted by molar-refractivity contribution is 5.62. The predicted molar refractivity (Wildman–Crippen MR) is 66.8 cm³/mol. The van der Waals surface area contributed by atoms with E-state index in [9.17, 15) is 4.39 Å². The van der Waals surface area contributed by atoms with Crippen LogP contribution in [-0.2, 0) is 0 Å². The van der Waals surface area contributed by atoms with Crippen LogP contribution in [0.5, 0.6) is 0 Å². The quantitative estimate of drug-likeness (QED) is 0.688. The number of halogens is 1. The van der Waals surface area contributed by atoms with Crippen LogP contribution in [0.15, 0.2) is 61.2 Å². The Bertz CT molecular complexity index is 662. The van der Waals surface area contributed by atoms with E-state index < -0.39 is 0 Å². The third-order valence-electron chi connectivity index (χ3n) is 2.67. The van der Waals surface area contributed by atoms with E-state index in [0.717, 1.165) is 16.8 Å². The Morgan fingerprint density at radius 1 is 1.00 bits per heavy atom. The van der Waals surface area contributed by atoms with Gasteiger partial charge in [0.15, 0.2) is 0 Å². The minimum Gasteiger partial charge on any atom is -0.265 e. The minimum atomic E-state index is -0.246. The molecule has 0 aliphatic heterocycles. The van der Waals surface area contributed by atoms with Gasteiger partial charge in [0.25, 0.3) is 0 Å². The molecule has 18 heavy (non-hydrogen) atoms. The molecule has 3 rings (SSSR count). The fraction of sp³-hybridized carbons (Fsp3) is 0. The normalized spacial score (nSPS) is 10.5. The van der Waals surface area contributed by atoms with Crippen molar-refractivity contribution in [2.75, 3.05) is 0 Å². The monoisotopic (exact) mass is 239 g/mol. The van der Waals surface area contributed by atoms with E-state index in [1.807, 2.05) is 24.4 Å². The average Bonchev–Trinajstić information content (AvgIpc) is 2.89. The molecule has 2 heterocycles. The van der Waals surface area contributed by atoms with E-state index in [1.54, 1.807) is 29.3 Å². The molecule has 0 unspecified atom stereocenters. The van der Waals surface area contributed by atoms with Crippen molar-refractivity contribution in [2.45, 2.75) is 0 Å². The molecule has 0 saturated carbocycles. The molecule has 3 aromatic rings. The highest BCUT2D eigenvalue weighted by atomic mass is 19.1. The number of nitrogens with zero attached hydrogens (tertiary/aromatic N) is 3. The van der Waals surface area contributed by atoms with Crippen molar-refractivity contribution < 1.29 is 4.39 Å². The summed E-state index contributed by atoms with van der Waals surface area (Å²) in [5.41, 5.74) is 2.62. The van der Waals surface area contributed by atoms with Crippen LogP contribution in [0, 0.1) is 5.82 Å². The largest absolute Gasteiger partial charge is 0.265 e. The van der Waals surface area contributed by atoms with Gasteiger partial charge in [0.05, 0.1) is 11.9 Å². The van der Waals surface area contributed by atoms with Gasteiger partial charge in [0.2, 0.25) is 0 Å². The molecule has 88 valence electrons. The molecule has 0 aliphatic rings. The zero-order valence-corrected chi connectivity index (χ0v) is 9.49. The molecular formula is C14H10FN3. The molecule has 0 saturated heterocycles. The highest BCUT2D eigenvalue weighted by Gasteiger charge is 2.03. The maximum atomic E-state index is 13.1. The molecule has 0 fully saturated rings. The number of rotatable bonds is 2. The Balaban J connectivity index is 2.00. The van der Waals surface area contributed by atoms with Crippen LogP contribution in [0.2, 0.25) is 0 Å². The lowest BCUT2D eigenvalue weighted by molar-refractivity contribution is 0.628. The van der Waals surface area contributed by atoms with Gasteiger partial charge in [-0.05, 0) is 29.8 Å². The fourth-order valence-electron chi connectivity index (χ4n) is 1.78. The fourth-order valence-corrected chi connectivity index (χ4v) is 1.78. The first-order valence-corrected chi connectivity index (χ1v) is 5.54. The standard InChI is InChI=1S/C14H10FN3/c15-13-3-1-2-11(8-13)12-9-17-18(10-12)14-4-6-16-7-5-14/h1-10H. The van der Waals surface area contributed by atoms with E-state index in [0.29, 0.717) is 0 Å². The third-order valence-corrected chi connectivity index (χ3v) is 2.67. The van der Waals surface area contributed by atoms with Crippen LogP contribution in [0.3, 0.4) is 0 Å². The van der Waals surface area contributed by atoms with Crippen LogP contribution in [0.25, 0.3) is 16.8 Å². The Morgan fingerprint density at radius 2 is 1.83 bits per heavy atom. The first kappa shape index (κ1) is 10.7. The van der Waals surface area contributed by atoms with Gasteiger partial charge in [-0.2, -0.15) is 5.10 Å². The summed E-state index contributed by atoms with van der Waals surface area (Å²) in [6.45, 7) is 0. The molecule has 1 aromatic carbocycles. The van der Waals surface area contributed by atoms with Crippen molar-refractivity contribution in [3.05, 3.63) is 67.0 Å². The molecule has 2 aromatic heterocycles. The second-order valence-electron chi connectivity index (χ2n) is 3.89. The summed E-state index contributed by atoms with van der Waals surface area (Å²) < 4.78 is 14.9. The van der Waals surface area contributed by atoms with Gasteiger partial charge < -0.3 is 0 Å². The van der Waals surface area contributed by atoms with Gasteiger partial charge in [-0.25, -0.2) is 9.07 Å². The molecule has 0 atom stereocenters. The number of aromatic nitrogens is 3. The molecule has 0 aliphatic carbocycles. The zero-order chi connectivity index (χ0) is 12.4. The smallest absolute Gasteiger partial charge is 0.123 e. The summed E-state index contributed by atoms with van der Waals surface area (Å²) in [5, 5.41) is 4.26. The Hall–Kier alpha value is -2.49. The molecule has 0 bridgehead atoms. The Kier molecular flexibility index (Phi) is 2.61. The van der Waals surface area contributed by atoms with E-state index >= 15 is 0 Å². The molecule has 0 amide bonds. The first-order chi connectivity index (χ1) is 8.83. The van der Waals surface area contributed by atoms with Crippen molar-refractivity contribution in [3.63, 3.8) is 0 Å². The average molecular weight is 239 g/mol. The lowest BCUT2D eigenvalue weighted by Crippen LogP contribution is -1.93. The zero-order valence-electron chi connectivity index (χ0n) is 9.49. The van der Waals surface area contributed by atoms with Gasteiger partial charge in [0, 0.05) is 24.2 Å². The number of benzene rings is 1. The second-order valence-corrected chi connectivity index (χ2v) is 3.89. The van der Waals surface area contributed by atoms with Gasteiger partial charge >= 0.3 is 0 Å². The summed E-state index contributed by atoms with van der Waals surface area (Å²) in [6.07, 6.45) is 7.00. The van der Waals surface area contributed by atoms with Gasteiger partial charge in [-0.1, -0.05) is 12.1 Å². The van der Waals surface area contributed by atoms with Gasteiger partial charge in [-0.15, -0.1) is 0 Å². The second kappa shape index (κ2) is 4.41. The SMILES string of the molecule is Fc1cccc(-c2cnn(-c3ccncc3)c2)c1. The van der Waals surface area contributed by atoms with Crippen LogP contribution in [0.1, 0.15) is 0 Å². The van der Waals surface area contributed by atoms with Crippen LogP contribution >= 0.6 is 0 Å². The van der Waals surface area contributed by atoms with E-state index in [4.69, 9.17) is 0 Å². The Morgan fingerprint density at radius 3 is 2.61 bits per heavy atom. The van der Waals surface area contributed by atoms with Gasteiger partial charge in [0.1, 0.15) is 5.82 Å². The van der Waals surface area contributed by atoms with Crippen molar-refractivity contribution in [2.24, 2.45) is 0 Å². The summed E-state index contributed by atoms with van der Waals surface area (Å²) in [4.78, 5) is 3.96. The Labute approximate surface area is 104 Å². The van der Waals surface area contributed by atoms with Crippen molar-refractivity contribution in [1.82, 2.24) is 14.8 Å². The van der Waals surface area contributed by atoms with Crippen molar-refractivity contribution in [3.8, 4) is 16.8 Å². The molecule has 0 spiro atoms. The topological polar surface area (TPSA) is 30.7 Å². The number of hydrogen-bond donors (Lipinski definition) is 0. The minimum absolute atomic E-state index is 0.246. The number of pyridine rings is 1. The number of hydrogen-bond acceptors (Lipinski definition) is 2. The highest BCUT2D eigenvalue weighted by Crippen LogP contribution is 2.20. The van der Waals surface area contributed by atoms with Crippen molar-refractivity contribution in [1.29, 1.82) is 0 Å². The lowest BCUT2D eigenvalue weighted by Gasteiger charge is -1.99. The lowest BCUT2D eigenvalue weighted by atomic mass is 10.1. The van der Waals surface area contributed by atoms with Crippen molar-refractivity contribution >= 4 is 0 Å². The van der Waals surface area contributed by atoms with E-state index in [1.165, 1.54) is 12.1 Å². The van der Waals surface area contributed by atoms with Crippen LogP contribution in [0.4, 0.5) is 4.39 Å². The molecule has 0 N–H and O–H groups in total. The van der Waals surface area contributed by atoms with Crippen LogP contribution in [-0.4, -0.2) is 14.8 Å². The summed E-state index contributed by atoms with van der Waals surface area (Å²) in [7, 11) is 0. The molecule has 4 heteroatoms. The third kappa shape index (κ3) is 2.00. The van der Waals surface area contributed by atoms with Crippen LogP contribution < -0.4 is 0 Å². The molecular weight excluding hydrogens is 229 g/mol. The first-order valence-electron chi connectivity index (χ1n) is 5.54. The summed E-state index contributed by atoms with van der Waals surface area (Å²) in [5.74, 6) is -0.246. The molecule has 3 nitrogen and oxygen atoms in total. The molecule has 0 radical (unpaired) electrons. The van der Waals surface area contributed by atoms with E-state index in [-0.39, 0.29) is 5.82 Å².